The predicted octanol–water partition coefficient (Wildman–Crippen LogP) is 2.10. The summed E-state index contributed by atoms with van der Waals surface area (Å²) in [7, 11) is 3.26. The summed E-state index contributed by atoms with van der Waals surface area (Å²) in [5, 5.41) is 5.37. The number of ether oxygens (including phenoxy) is 1. The first kappa shape index (κ1) is 21.6. The highest BCUT2D eigenvalue weighted by Crippen LogP contribution is 2.31. The molecule has 0 aliphatic heterocycles. The molecule has 0 spiro atoms. The van der Waals surface area contributed by atoms with Crippen molar-refractivity contribution in [2.75, 3.05) is 37.9 Å². The van der Waals surface area contributed by atoms with Gasteiger partial charge in [-0.2, -0.15) is 8.78 Å². The van der Waals surface area contributed by atoms with Crippen molar-refractivity contribution in [2.45, 2.75) is 10.7 Å². The maximum absolute atomic E-state index is 12.6. The first-order chi connectivity index (χ1) is 13.4. The van der Waals surface area contributed by atoms with Crippen LogP contribution in [0.2, 0.25) is 0 Å². The Hall–Kier alpha value is -2.65. The van der Waals surface area contributed by atoms with Crippen molar-refractivity contribution < 1.29 is 28.0 Å². The van der Waals surface area contributed by atoms with E-state index in [1.165, 1.54) is 6.07 Å². The smallest absolute Gasteiger partial charge is 0.288 e. The molecule has 2 aromatic carbocycles. The van der Waals surface area contributed by atoms with Gasteiger partial charge in [0.05, 0.1) is 19.8 Å². The summed E-state index contributed by atoms with van der Waals surface area (Å²) in [5.41, 5.74) is 0.953. The van der Waals surface area contributed by atoms with E-state index in [2.05, 4.69) is 10.6 Å². The Morgan fingerprint density at radius 3 is 2.25 bits per heavy atom. The van der Waals surface area contributed by atoms with Crippen molar-refractivity contribution in [3.8, 4) is 5.75 Å². The van der Waals surface area contributed by atoms with Gasteiger partial charge in [0.25, 0.3) is 17.6 Å². The molecule has 6 nitrogen and oxygen atoms in total. The summed E-state index contributed by atoms with van der Waals surface area (Å²) in [6, 6.07) is 13.3. The van der Waals surface area contributed by atoms with Crippen molar-refractivity contribution >= 4 is 35.0 Å². The molecule has 1 unspecified atom stereocenters. The fourth-order valence-corrected chi connectivity index (χ4v) is 3.05. The highest BCUT2D eigenvalue weighted by Gasteiger charge is 2.16. The number of rotatable bonds is 9. The lowest BCUT2D eigenvalue weighted by molar-refractivity contribution is -0.862. The lowest BCUT2D eigenvalue weighted by Gasteiger charge is -2.15. The number of carbonyl (C=O) groups is 2. The Kier molecular flexibility index (Phi) is 8.21. The molecule has 0 aromatic heterocycles. The van der Waals surface area contributed by atoms with Gasteiger partial charge in [0.1, 0.15) is 5.75 Å². The molecule has 0 fully saturated rings. The fourth-order valence-electron chi connectivity index (χ4n) is 2.45. The Morgan fingerprint density at radius 2 is 1.64 bits per heavy atom. The van der Waals surface area contributed by atoms with Crippen LogP contribution < -0.4 is 20.3 Å². The monoisotopic (exact) mass is 410 g/mol. The molecule has 2 aromatic rings. The first-order valence-electron chi connectivity index (χ1n) is 8.46. The number of anilines is 2. The van der Waals surface area contributed by atoms with Crippen molar-refractivity contribution in [1.29, 1.82) is 0 Å². The van der Waals surface area contributed by atoms with Crippen LogP contribution in [0.1, 0.15) is 0 Å². The van der Waals surface area contributed by atoms with E-state index in [1.807, 2.05) is 0 Å². The summed E-state index contributed by atoms with van der Waals surface area (Å²) in [6.07, 6.45) is 0. The van der Waals surface area contributed by atoms with E-state index in [9.17, 15) is 18.4 Å². The van der Waals surface area contributed by atoms with Gasteiger partial charge in [0.15, 0.2) is 13.1 Å². The molecule has 9 heteroatoms. The zero-order valence-corrected chi connectivity index (χ0v) is 16.3. The third kappa shape index (κ3) is 7.16. The number of hydrogen-bond acceptors (Lipinski definition) is 4. The van der Waals surface area contributed by atoms with Gasteiger partial charge in [-0.05, 0) is 36.4 Å². The van der Waals surface area contributed by atoms with Crippen molar-refractivity contribution in [3.05, 3.63) is 48.5 Å². The van der Waals surface area contributed by atoms with Crippen LogP contribution in [0.15, 0.2) is 53.4 Å². The number of hydrogen-bond donors (Lipinski definition) is 3. The molecule has 0 radical (unpaired) electrons. The molecule has 1 atom stereocenters. The van der Waals surface area contributed by atoms with Crippen molar-refractivity contribution in [2.24, 2.45) is 0 Å². The molecule has 0 bridgehead atoms. The minimum atomic E-state index is -2.58. The lowest BCUT2D eigenvalue weighted by atomic mass is 10.3. The molecule has 0 heterocycles. The number of alkyl halides is 2. The second-order valence-electron chi connectivity index (χ2n) is 6.01. The summed E-state index contributed by atoms with van der Waals surface area (Å²) in [4.78, 5) is 25.3. The highest BCUT2D eigenvalue weighted by molar-refractivity contribution is 7.99. The van der Waals surface area contributed by atoms with Gasteiger partial charge in [0.2, 0.25) is 0 Å². The second-order valence-corrected chi connectivity index (χ2v) is 7.04. The average Bonchev–Trinajstić information content (AvgIpc) is 2.63. The number of methoxy groups -OCH3 is 1. The topological polar surface area (TPSA) is 71.9 Å². The van der Waals surface area contributed by atoms with Gasteiger partial charge in [-0.25, -0.2) is 0 Å². The Morgan fingerprint density at radius 1 is 1.04 bits per heavy atom. The highest BCUT2D eigenvalue weighted by atomic mass is 32.2. The van der Waals surface area contributed by atoms with E-state index in [4.69, 9.17) is 4.74 Å². The Labute approximate surface area is 166 Å². The number of likely N-dealkylation sites (N-methyl/N-ethyl adjacent to an activating group) is 1. The first-order valence-corrected chi connectivity index (χ1v) is 9.34. The van der Waals surface area contributed by atoms with E-state index < -0.39 is 5.76 Å². The standard InChI is InChI=1S/C19H21F2N3O3S/c1-24(11-17(25)22-13-7-9-14(27-2)10-8-13)12-18(26)23-15-5-3-4-6-16(15)28-19(20)21/h3-10,19H,11-12H2,1-2H3,(H,22,25)(H,23,26)/p+1. The Balaban J connectivity index is 1.84. The van der Waals surface area contributed by atoms with Crippen LogP contribution >= 0.6 is 11.8 Å². The van der Waals surface area contributed by atoms with Crippen LogP contribution in [0.4, 0.5) is 20.2 Å². The molecule has 0 aliphatic carbocycles. The number of nitrogens with one attached hydrogen (secondary N) is 3. The van der Waals surface area contributed by atoms with E-state index in [0.29, 0.717) is 38.7 Å². The van der Waals surface area contributed by atoms with E-state index >= 15 is 0 Å². The average molecular weight is 410 g/mol. The molecule has 2 amide bonds. The van der Waals surface area contributed by atoms with Crippen LogP contribution in [0, 0.1) is 0 Å². The second kappa shape index (κ2) is 10.6. The zero-order chi connectivity index (χ0) is 20.5. The van der Waals surface area contributed by atoms with Gasteiger partial charge < -0.3 is 20.3 Å². The summed E-state index contributed by atoms with van der Waals surface area (Å²) < 4.78 is 30.3. The minimum Gasteiger partial charge on any atom is -0.497 e. The SMILES string of the molecule is COc1ccc(NC(=O)C[NH+](C)CC(=O)Nc2ccccc2SC(F)F)cc1. The van der Waals surface area contributed by atoms with Crippen LogP contribution in [0.5, 0.6) is 5.75 Å². The predicted molar refractivity (Wildman–Crippen MR) is 105 cm³/mol. The number of para-hydroxylation sites is 1. The number of halogens is 2. The van der Waals surface area contributed by atoms with Gasteiger partial charge in [-0.1, -0.05) is 23.9 Å². The number of amides is 2. The van der Waals surface area contributed by atoms with E-state index in [0.717, 1.165) is 0 Å². The number of quaternary nitrogens is 1. The largest absolute Gasteiger partial charge is 0.497 e. The van der Waals surface area contributed by atoms with Crippen LogP contribution in [0.25, 0.3) is 0 Å². The maximum Gasteiger partial charge on any atom is 0.288 e. The van der Waals surface area contributed by atoms with Gasteiger partial charge in [0, 0.05) is 10.6 Å². The number of benzene rings is 2. The Bertz CT molecular complexity index is 803. The summed E-state index contributed by atoms with van der Waals surface area (Å²) >= 11 is 0.372. The quantitative estimate of drug-likeness (QED) is 0.554. The van der Waals surface area contributed by atoms with Crippen molar-refractivity contribution in [3.63, 3.8) is 0 Å². The third-order valence-electron chi connectivity index (χ3n) is 3.68. The zero-order valence-electron chi connectivity index (χ0n) is 15.5. The summed E-state index contributed by atoms with van der Waals surface area (Å²) in [5.74, 6) is -2.50. The van der Waals surface area contributed by atoms with Crippen LogP contribution in [-0.2, 0) is 9.59 Å². The lowest BCUT2D eigenvalue weighted by Crippen LogP contribution is -3.11. The normalized spacial score (nSPS) is 11.8. The molecule has 2 rings (SSSR count). The third-order valence-corrected chi connectivity index (χ3v) is 4.46. The van der Waals surface area contributed by atoms with Gasteiger partial charge in [-0.3, -0.25) is 9.59 Å². The molecule has 0 saturated carbocycles. The summed E-state index contributed by atoms with van der Waals surface area (Å²) in [6.45, 7) is 0.0938. The molecular formula is C19H22F2N3O3S+. The molecular weight excluding hydrogens is 388 g/mol. The van der Waals surface area contributed by atoms with E-state index in [1.54, 1.807) is 56.6 Å². The molecule has 3 N–H and O–H groups in total. The van der Waals surface area contributed by atoms with Gasteiger partial charge in [-0.15, -0.1) is 0 Å². The minimum absolute atomic E-state index is 0.0176. The van der Waals surface area contributed by atoms with Gasteiger partial charge >= 0.3 is 0 Å². The van der Waals surface area contributed by atoms with Crippen LogP contribution in [0.3, 0.4) is 0 Å². The molecule has 28 heavy (non-hydrogen) atoms. The maximum atomic E-state index is 12.6. The molecule has 0 aliphatic rings. The fraction of sp³-hybridized carbons (Fsp3) is 0.263. The van der Waals surface area contributed by atoms with Crippen molar-refractivity contribution in [1.82, 2.24) is 0 Å². The molecule has 0 saturated heterocycles. The van der Waals surface area contributed by atoms with E-state index in [-0.39, 0.29) is 24.9 Å². The number of carbonyl (C=O) groups excluding carboxylic acids is 2. The number of thioether (sulfide) groups is 1. The molecule has 150 valence electrons. The van der Waals surface area contributed by atoms with Crippen LogP contribution in [-0.4, -0.2) is 44.8 Å².